The van der Waals surface area contributed by atoms with Crippen molar-refractivity contribution in [3.63, 3.8) is 0 Å². The molecule has 0 unspecified atom stereocenters. The van der Waals surface area contributed by atoms with Gasteiger partial charge in [-0.1, -0.05) is 0 Å². The summed E-state index contributed by atoms with van der Waals surface area (Å²) in [5, 5.41) is 11.6. The number of nitrogens with zero attached hydrogens (tertiary/aromatic N) is 2. The number of H-pyrrole nitrogens is 2. The van der Waals surface area contributed by atoms with Gasteiger partial charge in [0, 0.05) is 23.5 Å². The fraction of sp³-hybridized carbons (Fsp3) is 0. The van der Waals surface area contributed by atoms with Crippen LogP contribution in [0.4, 0.5) is 17.6 Å². The summed E-state index contributed by atoms with van der Waals surface area (Å²) in [5.41, 5.74) is -1.78. The Morgan fingerprint density at radius 2 is 1.00 bits per heavy atom. The number of rotatable bonds is 2. The molecule has 1 aromatic carbocycles. The topological polar surface area (TPSA) is 57.4 Å². The molecule has 8 heteroatoms. The molecule has 102 valence electrons. The molecule has 0 fully saturated rings. The van der Waals surface area contributed by atoms with Crippen LogP contribution in [0.3, 0.4) is 0 Å². The van der Waals surface area contributed by atoms with Crippen molar-refractivity contribution in [1.29, 1.82) is 0 Å². The van der Waals surface area contributed by atoms with Crippen LogP contribution in [0.15, 0.2) is 24.8 Å². The number of halogens is 4. The van der Waals surface area contributed by atoms with Gasteiger partial charge in [0.1, 0.15) is 0 Å². The Bertz CT molecular complexity index is 656. The normalized spacial score (nSPS) is 11.0. The van der Waals surface area contributed by atoms with Crippen molar-refractivity contribution < 1.29 is 17.6 Å². The van der Waals surface area contributed by atoms with E-state index in [1.165, 1.54) is 0 Å². The van der Waals surface area contributed by atoms with Gasteiger partial charge >= 0.3 is 0 Å². The van der Waals surface area contributed by atoms with Crippen molar-refractivity contribution in [3.8, 4) is 22.3 Å². The standard InChI is InChI=1S/C12H6F4N4/c13-9-7(5-1-17-18-2-5)10(14)12(16)8(11(9)15)6-3-19-20-4-6/h1-4H,(H,17,18)(H,19,20). The van der Waals surface area contributed by atoms with E-state index in [9.17, 15) is 17.6 Å². The molecule has 2 heterocycles. The van der Waals surface area contributed by atoms with Crippen molar-refractivity contribution >= 4 is 0 Å². The first-order valence-corrected chi connectivity index (χ1v) is 5.45. The molecule has 0 aliphatic carbocycles. The van der Waals surface area contributed by atoms with Crippen LogP contribution in [0.5, 0.6) is 0 Å². The minimum atomic E-state index is -1.48. The molecule has 20 heavy (non-hydrogen) atoms. The molecule has 2 aromatic heterocycles. The van der Waals surface area contributed by atoms with Crippen molar-refractivity contribution in [2.24, 2.45) is 0 Å². The van der Waals surface area contributed by atoms with Gasteiger partial charge < -0.3 is 0 Å². The zero-order valence-corrected chi connectivity index (χ0v) is 9.72. The van der Waals surface area contributed by atoms with E-state index in [4.69, 9.17) is 0 Å². The van der Waals surface area contributed by atoms with Crippen LogP contribution in [0.2, 0.25) is 0 Å². The number of benzene rings is 1. The Hall–Kier alpha value is -2.64. The highest BCUT2D eigenvalue weighted by Crippen LogP contribution is 2.35. The minimum absolute atomic E-state index is 0.0865. The zero-order valence-electron chi connectivity index (χ0n) is 9.72. The molecule has 3 aromatic rings. The second-order valence-corrected chi connectivity index (χ2v) is 3.98. The second-order valence-electron chi connectivity index (χ2n) is 3.98. The smallest absolute Gasteiger partial charge is 0.170 e. The molecule has 0 saturated carbocycles. The number of nitrogens with one attached hydrogen (secondary N) is 2. The van der Waals surface area contributed by atoms with Gasteiger partial charge in [0.2, 0.25) is 0 Å². The predicted octanol–water partition coefficient (Wildman–Crippen LogP) is 3.02. The molecule has 0 aliphatic rings. The average Bonchev–Trinajstić information content (AvgIpc) is 3.10. The summed E-state index contributed by atoms with van der Waals surface area (Å²) in [6, 6.07) is 0. The van der Waals surface area contributed by atoms with Gasteiger partial charge in [0.15, 0.2) is 23.3 Å². The molecule has 0 atom stereocenters. The van der Waals surface area contributed by atoms with E-state index in [-0.39, 0.29) is 11.1 Å². The summed E-state index contributed by atoms with van der Waals surface area (Å²) < 4.78 is 56.0. The van der Waals surface area contributed by atoms with Crippen LogP contribution >= 0.6 is 0 Å². The lowest BCUT2D eigenvalue weighted by atomic mass is 10.0. The van der Waals surface area contributed by atoms with E-state index < -0.39 is 34.4 Å². The Balaban J connectivity index is 2.33. The quantitative estimate of drug-likeness (QED) is 0.560. The second kappa shape index (κ2) is 4.48. The highest BCUT2D eigenvalue weighted by molar-refractivity contribution is 5.71. The Morgan fingerprint density at radius 1 is 0.650 bits per heavy atom. The first-order chi connectivity index (χ1) is 9.61. The Labute approximate surface area is 109 Å². The molecule has 3 rings (SSSR count). The van der Waals surface area contributed by atoms with Gasteiger partial charge in [-0.2, -0.15) is 10.2 Å². The summed E-state index contributed by atoms with van der Waals surface area (Å²) >= 11 is 0. The van der Waals surface area contributed by atoms with Crippen LogP contribution < -0.4 is 0 Å². The monoisotopic (exact) mass is 282 g/mol. The fourth-order valence-corrected chi connectivity index (χ4v) is 1.91. The average molecular weight is 282 g/mol. The van der Waals surface area contributed by atoms with E-state index >= 15 is 0 Å². The van der Waals surface area contributed by atoms with Gasteiger partial charge in [0.25, 0.3) is 0 Å². The maximum Gasteiger partial charge on any atom is 0.170 e. The van der Waals surface area contributed by atoms with E-state index in [0.29, 0.717) is 0 Å². The molecular formula is C12H6F4N4. The summed E-state index contributed by atoms with van der Waals surface area (Å²) in [4.78, 5) is 0. The Kier molecular flexibility index (Phi) is 2.78. The molecule has 4 nitrogen and oxygen atoms in total. The van der Waals surface area contributed by atoms with E-state index in [1.807, 2.05) is 0 Å². The van der Waals surface area contributed by atoms with Gasteiger partial charge in [-0.05, 0) is 0 Å². The molecule has 0 aliphatic heterocycles. The van der Waals surface area contributed by atoms with Crippen LogP contribution in [0.1, 0.15) is 0 Å². The summed E-state index contributed by atoms with van der Waals surface area (Å²) in [6.07, 6.45) is 4.41. The van der Waals surface area contributed by atoms with Crippen molar-refractivity contribution in [1.82, 2.24) is 20.4 Å². The molecule has 0 saturated heterocycles. The number of aromatic nitrogens is 4. The first-order valence-electron chi connectivity index (χ1n) is 5.45. The third-order valence-corrected chi connectivity index (χ3v) is 2.84. The number of hydrogen-bond acceptors (Lipinski definition) is 2. The van der Waals surface area contributed by atoms with E-state index in [2.05, 4.69) is 20.4 Å². The lowest BCUT2D eigenvalue weighted by Gasteiger charge is -2.09. The lowest BCUT2D eigenvalue weighted by Crippen LogP contribution is -2.02. The maximum absolute atomic E-state index is 14.0. The van der Waals surface area contributed by atoms with Gasteiger partial charge in [-0.3, -0.25) is 10.2 Å². The van der Waals surface area contributed by atoms with Crippen LogP contribution in [0.25, 0.3) is 22.3 Å². The van der Waals surface area contributed by atoms with Crippen LogP contribution in [-0.4, -0.2) is 20.4 Å². The van der Waals surface area contributed by atoms with Crippen LogP contribution in [0, 0.1) is 23.3 Å². The molecule has 0 spiro atoms. The highest BCUT2D eigenvalue weighted by Gasteiger charge is 2.27. The molecule has 0 bridgehead atoms. The highest BCUT2D eigenvalue weighted by atomic mass is 19.2. The zero-order chi connectivity index (χ0) is 14.3. The van der Waals surface area contributed by atoms with Crippen LogP contribution in [-0.2, 0) is 0 Å². The largest absolute Gasteiger partial charge is 0.285 e. The van der Waals surface area contributed by atoms with Crippen molar-refractivity contribution in [2.75, 3.05) is 0 Å². The van der Waals surface area contributed by atoms with Gasteiger partial charge in [-0.15, -0.1) is 0 Å². The van der Waals surface area contributed by atoms with E-state index in [0.717, 1.165) is 24.8 Å². The summed E-state index contributed by atoms with van der Waals surface area (Å²) in [5.74, 6) is -5.94. The fourth-order valence-electron chi connectivity index (χ4n) is 1.91. The lowest BCUT2D eigenvalue weighted by molar-refractivity contribution is 0.463. The summed E-state index contributed by atoms with van der Waals surface area (Å²) in [7, 11) is 0. The maximum atomic E-state index is 14.0. The van der Waals surface area contributed by atoms with E-state index in [1.54, 1.807) is 0 Å². The van der Waals surface area contributed by atoms with Crippen molar-refractivity contribution in [2.45, 2.75) is 0 Å². The van der Waals surface area contributed by atoms with Crippen molar-refractivity contribution in [3.05, 3.63) is 48.1 Å². The first kappa shape index (κ1) is 12.4. The predicted molar refractivity (Wildman–Crippen MR) is 61.4 cm³/mol. The SMILES string of the molecule is Fc1c(F)c(-c2cn[nH]c2)c(F)c(F)c1-c1cn[nH]c1. The third-order valence-electron chi connectivity index (χ3n) is 2.84. The van der Waals surface area contributed by atoms with Gasteiger partial charge in [0.05, 0.1) is 23.5 Å². The number of hydrogen-bond donors (Lipinski definition) is 2. The molecular weight excluding hydrogens is 276 g/mol. The third kappa shape index (κ3) is 1.68. The molecule has 0 radical (unpaired) electrons. The molecule has 2 N–H and O–H groups in total. The minimum Gasteiger partial charge on any atom is -0.285 e. The number of aromatic amines is 2. The van der Waals surface area contributed by atoms with Gasteiger partial charge in [-0.25, -0.2) is 17.6 Å². The molecule has 0 amide bonds. The summed E-state index contributed by atoms with van der Waals surface area (Å²) in [6.45, 7) is 0. The Morgan fingerprint density at radius 3 is 1.25 bits per heavy atom.